The number of pyridine rings is 1. The van der Waals surface area contributed by atoms with Crippen molar-refractivity contribution in [3.63, 3.8) is 0 Å². The number of hydrogen-bond acceptors (Lipinski definition) is 9. The van der Waals surface area contributed by atoms with Gasteiger partial charge in [0.2, 0.25) is 5.91 Å². The van der Waals surface area contributed by atoms with Crippen molar-refractivity contribution in [2.24, 2.45) is 5.92 Å². The number of aromatic amines is 1. The highest BCUT2D eigenvalue weighted by molar-refractivity contribution is 6.05. The molecule has 2 fully saturated rings. The molecule has 2 aromatic carbocycles. The van der Waals surface area contributed by atoms with Crippen LogP contribution < -0.4 is 15.1 Å². The molecule has 0 bridgehead atoms. The SMILES string of the molecule is COC(=O)NC(C(=O)N1CCCC1c1nc(-c2ccc(-c3ccc(N(C)C(=O)c4ccc(N5CCN(C(=O)OC(C)(C)C)CC5C)nc4)cc3)cc2)c[nH]1)C(C)C. The number of H-pyrrole nitrogens is 1. The number of alkyl carbamates (subject to hydrolysis) is 1. The summed E-state index contributed by atoms with van der Waals surface area (Å²) in [6.07, 6.45) is 4.15. The van der Waals surface area contributed by atoms with Crippen LogP contribution in [0.1, 0.15) is 76.6 Å². The third kappa shape index (κ3) is 9.38. The first-order valence-electron chi connectivity index (χ1n) is 19.5. The minimum atomic E-state index is -0.692. The second-order valence-electron chi connectivity index (χ2n) is 16.1. The Hall–Kier alpha value is -5.92. The van der Waals surface area contributed by atoms with E-state index < -0.39 is 17.7 Å². The molecule has 14 heteroatoms. The predicted molar refractivity (Wildman–Crippen MR) is 219 cm³/mol. The predicted octanol–water partition coefficient (Wildman–Crippen LogP) is 6.91. The molecule has 0 aliphatic carbocycles. The summed E-state index contributed by atoms with van der Waals surface area (Å²) in [7, 11) is 3.04. The Labute approximate surface area is 334 Å². The van der Waals surface area contributed by atoms with Crippen molar-refractivity contribution < 1.29 is 28.7 Å². The Kier molecular flexibility index (Phi) is 12.2. The van der Waals surface area contributed by atoms with Gasteiger partial charge in [0.05, 0.1) is 24.4 Å². The minimum Gasteiger partial charge on any atom is -0.453 e. The number of likely N-dealkylation sites (tertiary alicyclic amines) is 1. The van der Waals surface area contributed by atoms with Crippen LogP contribution in [0.2, 0.25) is 0 Å². The van der Waals surface area contributed by atoms with E-state index in [9.17, 15) is 19.2 Å². The zero-order valence-corrected chi connectivity index (χ0v) is 34.1. The fourth-order valence-electron chi connectivity index (χ4n) is 7.34. The van der Waals surface area contributed by atoms with Gasteiger partial charge >= 0.3 is 12.2 Å². The minimum absolute atomic E-state index is 0.0327. The Morgan fingerprint density at radius 1 is 0.930 bits per heavy atom. The van der Waals surface area contributed by atoms with Gasteiger partial charge in [-0.25, -0.2) is 19.6 Å². The third-order valence-electron chi connectivity index (χ3n) is 10.5. The molecule has 2 aliphatic rings. The summed E-state index contributed by atoms with van der Waals surface area (Å²) >= 11 is 0. The van der Waals surface area contributed by atoms with E-state index in [1.54, 1.807) is 34.0 Å². The molecule has 4 amide bonds. The molecule has 6 rings (SSSR count). The number of anilines is 2. The molecule has 4 aromatic rings. The molecule has 302 valence electrons. The molecule has 2 N–H and O–H groups in total. The van der Waals surface area contributed by atoms with Crippen LogP contribution in [0.25, 0.3) is 22.4 Å². The fraction of sp³-hybridized carbons (Fsp3) is 0.442. The lowest BCUT2D eigenvalue weighted by Gasteiger charge is -2.40. The van der Waals surface area contributed by atoms with Gasteiger partial charge in [0.15, 0.2) is 0 Å². The molecule has 0 spiro atoms. The standard InChI is InChI=1S/C43H54N8O6/c1-27(2)37(47-41(54)56-8)40(53)51-21-9-10-35(51)38-45-25-34(46-38)31-13-11-29(12-14-31)30-15-18-33(19-16-30)48(7)39(52)32-17-20-36(44-24-32)50-23-22-49(26-28(50)3)42(55)57-43(4,5)6/h11-20,24-25,27-28,35,37H,9-10,21-23,26H2,1-8H3,(H,45,46)(H,47,54). The number of amides is 4. The van der Waals surface area contributed by atoms with E-state index in [1.165, 1.54) is 7.11 Å². The zero-order valence-electron chi connectivity index (χ0n) is 34.1. The van der Waals surface area contributed by atoms with E-state index in [2.05, 4.69) is 20.2 Å². The topological polar surface area (TPSA) is 153 Å². The van der Waals surface area contributed by atoms with Gasteiger partial charge in [0.25, 0.3) is 5.91 Å². The first kappa shape index (κ1) is 40.7. The number of carbonyl (C=O) groups excluding carboxylic acids is 4. The van der Waals surface area contributed by atoms with Crippen molar-refractivity contribution in [1.82, 2.24) is 30.1 Å². The van der Waals surface area contributed by atoms with Gasteiger partial charge in [-0.2, -0.15) is 0 Å². The van der Waals surface area contributed by atoms with E-state index in [1.807, 2.05) is 102 Å². The van der Waals surface area contributed by atoms with E-state index in [0.29, 0.717) is 37.6 Å². The number of hydrogen-bond donors (Lipinski definition) is 2. The second kappa shape index (κ2) is 17.1. The highest BCUT2D eigenvalue weighted by atomic mass is 16.6. The highest BCUT2D eigenvalue weighted by Crippen LogP contribution is 2.33. The maximum atomic E-state index is 13.5. The molecular formula is C43H54N8O6. The third-order valence-corrected chi connectivity index (χ3v) is 10.5. The molecule has 0 radical (unpaired) electrons. The average Bonchev–Trinajstić information content (AvgIpc) is 3.89. The van der Waals surface area contributed by atoms with Crippen LogP contribution in [0.5, 0.6) is 0 Å². The van der Waals surface area contributed by atoms with Gasteiger partial charge in [-0.05, 0) is 81.8 Å². The lowest BCUT2D eigenvalue weighted by molar-refractivity contribution is -0.135. The van der Waals surface area contributed by atoms with Crippen molar-refractivity contribution in [2.45, 2.75) is 78.1 Å². The first-order chi connectivity index (χ1) is 27.1. The van der Waals surface area contributed by atoms with Crippen LogP contribution in [-0.2, 0) is 14.3 Å². The van der Waals surface area contributed by atoms with Crippen molar-refractivity contribution in [3.8, 4) is 22.4 Å². The van der Waals surface area contributed by atoms with Crippen LogP contribution in [0.15, 0.2) is 73.1 Å². The summed E-state index contributed by atoms with van der Waals surface area (Å²) < 4.78 is 10.3. The Morgan fingerprint density at radius 2 is 1.60 bits per heavy atom. The summed E-state index contributed by atoms with van der Waals surface area (Å²) in [4.78, 5) is 71.6. The fourth-order valence-corrected chi connectivity index (χ4v) is 7.34. The molecule has 3 unspecified atom stereocenters. The van der Waals surface area contributed by atoms with E-state index in [4.69, 9.17) is 14.5 Å². The van der Waals surface area contributed by atoms with Crippen molar-refractivity contribution in [1.29, 1.82) is 0 Å². The zero-order chi connectivity index (χ0) is 41.0. The molecule has 0 saturated carbocycles. The van der Waals surface area contributed by atoms with Gasteiger partial charge in [-0.1, -0.05) is 50.2 Å². The van der Waals surface area contributed by atoms with Crippen LogP contribution in [-0.4, -0.2) is 107 Å². The summed E-state index contributed by atoms with van der Waals surface area (Å²) in [5.41, 5.74) is 4.41. The highest BCUT2D eigenvalue weighted by Gasteiger charge is 2.37. The van der Waals surface area contributed by atoms with E-state index in [-0.39, 0.29) is 35.9 Å². The number of nitrogens with zero attached hydrogens (tertiary/aromatic N) is 6. The number of benzene rings is 2. The van der Waals surface area contributed by atoms with E-state index >= 15 is 0 Å². The molecule has 2 aliphatic heterocycles. The Bertz CT molecular complexity index is 2040. The number of piperazine rings is 1. The van der Waals surface area contributed by atoms with Gasteiger partial charge in [0.1, 0.15) is 23.3 Å². The van der Waals surface area contributed by atoms with E-state index in [0.717, 1.165) is 46.7 Å². The quantitative estimate of drug-likeness (QED) is 0.185. The summed E-state index contributed by atoms with van der Waals surface area (Å²) in [5, 5.41) is 2.69. The van der Waals surface area contributed by atoms with Crippen LogP contribution in [0.4, 0.5) is 21.1 Å². The number of imidazole rings is 1. The molecule has 2 saturated heterocycles. The summed E-state index contributed by atoms with van der Waals surface area (Å²) in [5.74, 6) is 1.04. The largest absolute Gasteiger partial charge is 0.453 e. The smallest absolute Gasteiger partial charge is 0.410 e. The molecule has 3 atom stereocenters. The number of methoxy groups -OCH3 is 1. The number of carbonyl (C=O) groups is 4. The Balaban J connectivity index is 1.05. The van der Waals surface area contributed by atoms with Gasteiger partial charge in [-0.15, -0.1) is 0 Å². The number of nitrogens with one attached hydrogen (secondary N) is 2. The lowest BCUT2D eigenvalue weighted by Crippen LogP contribution is -2.54. The normalized spacial score (nSPS) is 17.7. The molecular weight excluding hydrogens is 725 g/mol. The molecule has 4 heterocycles. The summed E-state index contributed by atoms with van der Waals surface area (Å²) in [6.45, 7) is 13.7. The molecule has 14 nitrogen and oxygen atoms in total. The number of ether oxygens (including phenoxy) is 2. The van der Waals surface area contributed by atoms with Crippen LogP contribution in [0.3, 0.4) is 0 Å². The second-order valence-corrected chi connectivity index (χ2v) is 16.1. The van der Waals surface area contributed by atoms with Gasteiger partial charge < -0.3 is 39.4 Å². The summed E-state index contributed by atoms with van der Waals surface area (Å²) in [6, 6.07) is 18.7. The van der Waals surface area contributed by atoms with Gasteiger partial charge in [-0.3, -0.25) is 9.59 Å². The first-order valence-corrected chi connectivity index (χ1v) is 19.5. The van der Waals surface area contributed by atoms with Crippen LogP contribution in [0, 0.1) is 5.92 Å². The monoisotopic (exact) mass is 778 g/mol. The maximum Gasteiger partial charge on any atom is 0.410 e. The maximum absolute atomic E-state index is 13.5. The Morgan fingerprint density at radius 3 is 2.19 bits per heavy atom. The number of aromatic nitrogens is 3. The number of rotatable bonds is 9. The van der Waals surface area contributed by atoms with Crippen LogP contribution >= 0.6 is 0 Å². The lowest BCUT2D eigenvalue weighted by atomic mass is 10.0. The van der Waals surface area contributed by atoms with Crippen molar-refractivity contribution >= 4 is 35.5 Å². The van der Waals surface area contributed by atoms with Crippen molar-refractivity contribution in [3.05, 3.63) is 84.4 Å². The molecule has 57 heavy (non-hydrogen) atoms. The van der Waals surface area contributed by atoms with Crippen molar-refractivity contribution in [2.75, 3.05) is 50.1 Å². The van der Waals surface area contributed by atoms with Gasteiger partial charge in [0, 0.05) is 62.9 Å². The molecule has 2 aromatic heterocycles. The average molecular weight is 779 g/mol.